The van der Waals surface area contributed by atoms with Gasteiger partial charge in [-0.25, -0.2) is 4.98 Å². The third-order valence-electron chi connectivity index (χ3n) is 7.62. The van der Waals surface area contributed by atoms with Crippen LogP contribution >= 0.6 is 15.9 Å². The number of rotatable bonds is 5. The first-order chi connectivity index (χ1) is 17.7. The third kappa shape index (κ3) is 3.73. The zero-order chi connectivity index (χ0) is 24.2. The van der Waals surface area contributed by atoms with E-state index in [1.165, 1.54) is 0 Å². The van der Waals surface area contributed by atoms with Crippen molar-refractivity contribution in [1.82, 2.24) is 24.6 Å². The maximum atomic E-state index is 12.7. The number of amides is 1. The predicted octanol–water partition coefficient (Wildman–Crippen LogP) is 6.27. The molecular formula is C29H26BrN5O. The minimum atomic E-state index is 0.281. The predicted molar refractivity (Wildman–Crippen MR) is 145 cm³/mol. The van der Waals surface area contributed by atoms with E-state index >= 15 is 0 Å². The fourth-order valence-corrected chi connectivity index (χ4v) is 6.01. The number of aromatic amines is 1. The van der Waals surface area contributed by atoms with Crippen LogP contribution in [0.15, 0.2) is 71.3 Å². The average molecular weight is 540 g/mol. The van der Waals surface area contributed by atoms with Crippen LogP contribution in [0.3, 0.4) is 0 Å². The lowest BCUT2D eigenvalue weighted by atomic mass is 9.98. The van der Waals surface area contributed by atoms with Crippen molar-refractivity contribution in [2.45, 2.75) is 25.8 Å². The second-order valence-electron chi connectivity index (χ2n) is 10.1. The quantitative estimate of drug-likeness (QED) is 0.286. The van der Waals surface area contributed by atoms with Gasteiger partial charge in [0.15, 0.2) is 0 Å². The molecule has 1 N–H and O–H groups in total. The van der Waals surface area contributed by atoms with Gasteiger partial charge in [-0.05, 0) is 70.4 Å². The van der Waals surface area contributed by atoms with Crippen molar-refractivity contribution in [3.63, 3.8) is 0 Å². The molecule has 180 valence electrons. The van der Waals surface area contributed by atoms with Gasteiger partial charge >= 0.3 is 0 Å². The molecule has 1 aliphatic heterocycles. The number of imidazole rings is 1. The molecule has 3 heterocycles. The Labute approximate surface area is 217 Å². The molecule has 2 aromatic heterocycles. The lowest BCUT2D eigenvalue weighted by Crippen LogP contribution is -2.30. The number of hydrogen-bond donors (Lipinski definition) is 1. The number of nitrogens with zero attached hydrogens (tertiary/aromatic N) is 4. The molecule has 1 atom stereocenters. The molecule has 1 saturated heterocycles. The number of benzene rings is 3. The van der Waals surface area contributed by atoms with Crippen molar-refractivity contribution in [1.29, 1.82) is 0 Å². The number of fused-ring (bicyclic) bond motifs is 2. The molecule has 1 aliphatic carbocycles. The minimum absolute atomic E-state index is 0.281. The lowest BCUT2D eigenvalue weighted by Gasteiger charge is -2.18. The number of nitrogens with one attached hydrogen (secondary N) is 1. The molecule has 2 aliphatic rings. The van der Waals surface area contributed by atoms with E-state index in [4.69, 9.17) is 4.98 Å². The van der Waals surface area contributed by atoms with Gasteiger partial charge in [0.05, 0.1) is 17.2 Å². The van der Waals surface area contributed by atoms with E-state index in [9.17, 15) is 4.79 Å². The van der Waals surface area contributed by atoms with E-state index in [1.54, 1.807) is 0 Å². The second-order valence-corrected chi connectivity index (χ2v) is 10.9. The van der Waals surface area contributed by atoms with Crippen molar-refractivity contribution >= 4 is 43.8 Å². The van der Waals surface area contributed by atoms with Gasteiger partial charge in [-0.15, -0.1) is 0 Å². The van der Waals surface area contributed by atoms with E-state index in [2.05, 4.69) is 90.2 Å². The van der Waals surface area contributed by atoms with Gasteiger partial charge in [-0.2, -0.15) is 5.10 Å². The van der Waals surface area contributed by atoms with Gasteiger partial charge in [0, 0.05) is 41.0 Å². The zero-order valence-electron chi connectivity index (χ0n) is 19.8. The van der Waals surface area contributed by atoms with Crippen LogP contribution in [0.2, 0.25) is 0 Å². The van der Waals surface area contributed by atoms with Crippen molar-refractivity contribution < 1.29 is 4.79 Å². The van der Waals surface area contributed by atoms with Crippen LogP contribution < -0.4 is 0 Å². The number of likely N-dealkylation sites (tertiary alicyclic amines) is 1. The summed E-state index contributed by atoms with van der Waals surface area (Å²) in [7, 11) is 0. The van der Waals surface area contributed by atoms with E-state index in [-0.39, 0.29) is 5.92 Å². The van der Waals surface area contributed by atoms with E-state index in [0.29, 0.717) is 11.8 Å². The summed E-state index contributed by atoms with van der Waals surface area (Å²) in [6.45, 7) is 2.54. The number of para-hydroxylation sites is 1. The van der Waals surface area contributed by atoms with Gasteiger partial charge in [0.25, 0.3) is 0 Å². The van der Waals surface area contributed by atoms with E-state index in [1.807, 2.05) is 12.3 Å². The SMILES string of the molecule is O=C(C1CC1)N1CC[C@H](Cn2c(-c3ccccc3-c3ccc4cn[nH]c4c3)nc3c(Br)cccc32)C1. The summed E-state index contributed by atoms with van der Waals surface area (Å²) >= 11 is 3.73. The molecule has 3 aromatic carbocycles. The summed E-state index contributed by atoms with van der Waals surface area (Å²) < 4.78 is 3.36. The fourth-order valence-electron chi connectivity index (χ4n) is 5.57. The smallest absolute Gasteiger partial charge is 0.225 e. The zero-order valence-corrected chi connectivity index (χ0v) is 21.4. The topological polar surface area (TPSA) is 66.8 Å². The maximum absolute atomic E-state index is 12.7. The molecule has 7 heteroatoms. The van der Waals surface area contributed by atoms with Gasteiger partial charge < -0.3 is 9.47 Å². The third-order valence-corrected chi connectivity index (χ3v) is 8.26. The van der Waals surface area contributed by atoms with Crippen LogP contribution in [0, 0.1) is 11.8 Å². The Morgan fingerprint density at radius 3 is 2.75 bits per heavy atom. The van der Waals surface area contributed by atoms with Gasteiger partial charge in [-0.3, -0.25) is 9.89 Å². The highest BCUT2D eigenvalue weighted by atomic mass is 79.9. The Morgan fingerprint density at radius 1 is 1.03 bits per heavy atom. The molecule has 0 unspecified atom stereocenters. The van der Waals surface area contributed by atoms with Crippen LogP contribution in [0.5, 0.6) is 0 Å². The molecule has 0 spiro atoms. The second kappa shape index (κ2) is 8.59. The van der Waals surface area contributed by atoms with Crippen molar-refractivity contribution in [2.75, 3.05) is 13.1 Å². The molecule has 5 aromatic rings. The summed E-state index contributed by atoms with van der Waals surface area (Å²) in [5, 5.41) is 8.38. The Bertz CT molecular complexity index is 1610. The standard InChI is InChI=1S/C29H26BrN5O/c30-24-6-3-7-26-27(24)32-28(35(26)17-18-12-13-34(16-18)29(36)19-8-9-19)23-5-2-1-4-22(23)20-10-11-21-15-31-33-25(21)14-20/h1-7,10-11,14-15,18-19H,8-9,12-13,16-17H2,(H,31,33)/t18-/m0/s1. The Balaban J connectivity index is 1.32. The van der Waals surface area contributed by atoms with Crippen LogP contribution in [-0.4, -0.2) is 43.6 Å². The van der Waals surface area contributed by atoms with Crippen LogP contribution in [0.4, 0.5) is 0 Å². The first kappa shape index (κ1) is 21.8. The van der Waals surface area contributed by atoms with Gasteiger partial charge in [-0.1, -0.05) is 42.5 Å². The summed E-state index contributed by atoms with van der Waals surface area (Å²) in [4.78, 5) is 19.9. The largest absolute Gasteiger partial charge is 0.342 e. The fraction of sp³-hybridized carbons (Fsp3) is 0.276. The first-order valence-electron chi connectivity index (χ1n) is 12.6. The lowest BCUT2D eigenvalue weighted by molar-refractivity contribution is -0.131. The van der Waals surface area contributed by atoms with Crippen molar-refractivity contribution in [3.05, 3.63) is 71.3 Å². The highest BCUT2D eigenvalue weighted by Crippen LogP contribution is 2.38. The monoisotopic (exact) mass is 539 g/mol. The maximum Gasteiger partial charge on any atom is 0.225 e. The molecule has 36 heavy (non-hydrogen) atoms. The summed E-state index contributed by atoms with van der Waals surface area (Å²) in [6.07, 6.45) is 5.00. The number of carbonyl (C=O) groups is 1. The molecule has 2 fully saturated rings. The summed E-state index contributed by atoms with van der Waals surface area (Å²) in [6, 6.07) is 21.2. The molecule has 0 bridgehead atoms. The normalized spacial score (nSPS) is 17.9. The van der Waals surface area contributed by atoms with Crippen LogP contribution in [0.1, 0.15) is 19.3 Å². The van der Waals surface area contributed by atoms with E-state index < -0.39 is 0 Å². The summed E-state index contributed by atoms with van der Waals surface area (Å²) in [5.41, 5.74) is 6.47. The molecule has 7 rings (SSSR count). The van der Waals surface area contributed by atoms with Crippen LogP contribution in [-0.2, 0) is 11.3 Å². The Morgan fingerprint density at radius 2 is 1.89 bits per heavy atom. The molecular weight excluding hydrogens is 514 g/mol. The van der Waals surface area contributed by atoms with E-state index in [0.717, 1.165) is 87.8 Å². The minimum Gasteiger partial charge on any atom is -0.342 e. The Hall–Kier alpha value is -3.45. The van der Waals surface area contributed by atoms with Crippen LogP contribution in [0.25, 0.3) is 44.5 Å². The average Bonchev–Trinajstić information content (AvgIpc) is 3.30. The number of aromatic nitrogens is 4. The highest BCUT2D eigenvalue weighted by molar-refractivity contribution is 9.10. The number of H-pyrrole nitrogens is 1. The van der Waals surface area contributed by atoms with Gasteiger partial charge in [0.1, 0.15) is 11.3 Å². The number of carbonyl (C=O) groups excluding carboxylic acids is 1. The highest BCUT2D eigenvalue weighted by Gasteiger charge is 2.37. The molecule has 1 saturated carbocycles. The molecule has 6 nitrogen and oxygen atoms in total. The summed E-state index contributed by atoms with van der Waals surface area (Å²) in [5.74, 6) is 2.01. The first-order valence-corrected chi connectivity index (χ1v) is 13.4. The van der Waals surface area contributed by atoms with Crippen molar-refractivity contribution in [2.24, 2.45) is 11.8 Å². The number of hydrogen-bond acceptors (Lipinski definition) is 3. The molecule has 0 radical (unpaired) electrons. The Kier molecular flexibility index (Phi) is 5.20. The van der Waals surface area contributed by atoms with Gasteiger partial charge in [0.2, 0.25) is 5.91 Å². The van der Waals surface area contributed by atoms with Crippen molar-refractivity contribution in [3.8, 4) is 22.5 Å². The molecule has 1 amide bonds. The number of halogens is 1.